The molecule has 2 atom stereocenters. The number of carboxylic acids is 1. The summed E-state index contributed by atoms with van der Waals surface area (Å²) in [6.07, 6.45) is -0.361. The van der Waals surface area contributed by atoms with Gasteiger partial charge in [0.15, 0.2) is 13.2 Å². The molecule has 45 heavy (non-hydrogen) atoms. The molecule has 0 heterocycles. The van der Waals surface area contributed by atoms with Crippen molar-refractivity contribution in [1.29, 1.82) is 0 Å². The van der Waals surface area contributed by atoms with Crippen molar-refractivity contribution in [3.8, 4) is 0 Å². The van der Waals surface area contributed by atoms with Crippen LogP contribution in [0.4, 0.5) is 5.69 Å². The molecule has 0 aliphatic rings. The molecule has 0 fully saturated rings. The van der Waals surface area contributed by atoms with Gasteiger partial charge in [-0.05, 0) is 59.2 Å². The van der Waals surface area contributed by atoms with Gasteiger partial charge in [0.2, 0.25) is 10.0 Å². The van der Waals surface area contributed by atoms with Crippen molar-refractivity contribution < 1.29 is 42.0 Å². The number of benzene rings is 1. The van der Waals surface area contributed by atoms with Crippen LogP contribution < -0.4 is 11.2 Å². The Labute approximate surface area is 266 Å². The summed E-state index contributed by atoms with van der Waals surface area (Å²) in [4.78, 5) is 47.6. The number of nitrogens with two attached hydrogens (primary N) is 1. The van der Waals surface area contributed by atoms with E-state index in [-0.39, 0.29) is 25.9 Å². The third-order valence-corrected chi connectivity index (χ3v) is 13.9. The molecule has 0 spiro atoms. The van der Waals surface area contributed by atoms with E-state index in [0.29, 0.717) is 6.42 Å². The fourth-order valence-corrected chi connectivity index (χ4v) is 8.07. The molecule has 17 heteroatoms. The molecule has 0 saturated carbocycles. The van der Waals surface area contributed by atoms with Gasteiger partial charge in [-0.25, -0.2) is 13.4 Å². The minimum atomic E-state index is -4.18. The Morgan fingerprint density at radius 3 is 2.22 bits per heavy atom. The molecule has 0 bridgehead atoms. The number of hydrazine groups is 1. The molecule has 1 aromatic rings. The number of esters is 1. The predicted molar refractivity (Wildman–Crippen MR) is 170 cm³/mol. The van der Waals surface area contributed by atoms with Crippen molar-refractivity contribution in [3.05, 3.63) is 34.4 Å². The lowest BCUT2D eigenvalue weighted by molar-refractivity contribution is -0.387. The number of nitrogens with zero attached hydrogens (tertiary/aromatic N) is 3. The number of para-hydroxylation sites is 1. The maximum absolute atomic E-state index is 13.3. The summed E-state index contributed by atoms with van der Waals surface area (Å²) in [5.41, 5.74) is 7.59. The van der Waals surface area contributed by atoms with Crippen molar-refractivity contribution in [1.82, 2.24) is 14.7 Å². The number of carbonyl (C=O) groups excluding carboxylic acids is 2. The first-order valence-corrected chi connectivity index (χ1v) is 19.0. The molecule has 0 aromatic heterocycles. The van der Waals surface area contributed by atoms with Crippen LogP contribution in [0.1, 0.15) is 60.8 Å². The van der Waals surface area contributed by atoms with Gasteiger partial charge < -0.3 is 20.0 Å². The summed E-state index contributed by atoms with van der Waals surface area (Å²) in [6, 6.07) is 4.05. The third kappa shape index (κ3) is 11.4. The zero-order valence-corrected chi connectivity index (χ0v) is 29.5. The standard InChI is InChI=1S/C28H49N5O10SSi/c1-10-32(44(40,41)22-17-12-11-15-20(22)33(38)39)18-14-13-16-21(25(36)30-31(7)19-23(34)35)43-45(8,9)28(5,6)24(29)26(37)42-27(2,3)4/h11-12,15,17,21,24H,10,13-14,16,18-19,29H2,1-9H3,(H,30,36)(H,34,35). The first kappa shape index (κ1) is 40.1. The number of hydrogen-bond donors (Lipinski definition) is 3. The van der Waals surface area contributed by atoms with E-state index in [4.69, 9.17) is 20.0 Å². The van der Waals surface area contributed by atoms with Crippen molar-refractivity contribution in [2.75, 3.05) is 26.7 Å². The normalized spacial score (nSPS) is 14.2. The van der Waals surface area contributed by atoms with Gasteiger partial charge in [0.05, 0.1) is 4.92 Å². The van der Waals surface area contributed by atoms with Crippen molar-refractivity contribution in [2.45, 2.75) is 102 Å². The summed E-state index contributed by atoms with van der Waals surface area (Å²) < 4.78 is 39.6. The number of hydrogen-bond acceptors (Lipinski definition) is 11. The Morgan fingerprint density at radius 2 is 1.71 bits per heavy atom. The van der Waals surface area contributed by atoms with Crippen molar-refractivity contribution in [3.63, 3.8) is 0 Å². The van der Waals surface area contributed by atoms with Crippen LogP contribution in [0, 0.1) is 10.1 Å². The number of amides is 1. The lowest BCUT2D eigenvalue weighted by atomic mass is 10.0. The van der Waals surface area contributed by atoms with E-state index in [1.54, 1.807) is 41.5 Å². The van der Waals surface area contributed by atoms with Gasteiger partial charge >= 0.3 is 11.9 Å². The van der Waals surface area contributed by atoms with Crippen LogP contribution in [0.5, 0.6) is 0 Å². The average Bonchev–Trinajstić information content (AvgIpc) is 2.89. The van der Waals surface area contributed by atoms with Gasteiger partial charge in [-0.3, -0.25) is 29.9 Å². The first-order valence-electron chi connectivity index (χ1n) is 14.6. The summed E-state index contributed by atoms with van der Waals surface area (Å²) in [5, 5.41) is 20.7. The highest BCUT2D eigenvalue weighted by molar-refractivity contribution is 7.89. The minimum absolute atomic E-state index is 0.0218. The number of carbonyl (C=O) groups is 3. The van der Waals surface area contributed by atoms with Crippen LogP contribution >= 0.6 is 0 Å². The Morgan fingerprint density at radius 1 is 1.13 bits per heavy atom. The van der Waals surface area contributed by atoms with Crippen LogP contribution in [-0.4, -0.2) is 98.4 Å². The fraction of sp³-hybridized carbons (Fsp3) is 0.679. The van der Waals surface area contributed by atoms with Gasteiger partial charge in [-0.2, -0.15) is 4.31 Å². The molecule has 1 amide bonds. The highest BCUT2D eigenvalue weighted by Crippen LogP contribution is 2.42. The molecular weight excluding hydrogens is 626 g/mol. The van der Waals surface area contributed by atoms with Crippen LogP contribution in [-0.2, 0) is 33.6 Å². The van der Waals surface area contributed by atoms with Gasteiger partial charge in [0, 0.05) is 31.2 Å². The van der Waals surface area contributed by atoms with E-state index in [9.17, 15) is 32.9 Å². The monoisotopic (exact) mass is 675 g/mol. The Bertz CT molecular complexity index is 1320. The number of likely N-dealkylation sites (N-methyl/N-ethyl adjacent to an activating group) is 1. The molecule has 0 saturated heterocycles. The summed E-state index contributed by atoms with van der Waals surface area (Å²) in [7, 11) is -5.81. The highest BCUT2D eigenvalue weighted by Gasteiger charge is 2.51. The maximum atomic E-state index is 13.3. The van der Waals surface area contributed by atoms with E-state index >= 15 is 0 Å². The van der Waals surface area contributed by atoms with Gasteiger partial charge in [-0.15, -0.1) is 0 Å². The largest absolute Gasteiger partial charge is 0.480 e. The second-order valence-electron chi connectivity index (χ2n) is 12.8. The molecule has 4 N–H and O–H groups in total. The highest BCUT2D eigenvalue weighted by atomic mass is 32.2. The van der Waals surface area contributed by atoms with Crippen molar-refractivity contribution >= 4 is 41.9 Å². The molecule has 256 valence electrons. The average molecular weight is 676 g/mol. The number of aliphatic carboxylic acids is 1. The number of carboxylic acid groups (broad SMARTS) is 1. The Kier molecular flexibility index (Phi) is 14.3. The zero-order chi connectivity index (χ0) is 35.0. The van der Waals surface area contributed by atoms with Crippen molar-refractivity contribution in [2.24, 2.45) is 5.73 Å². The lowest BCUT2D eigenvalue weighted by Crippen LogP contribution is -2.58. The van der Waals surface area contributed by atoms with E-state index in [1.165, 1.54) is 25.2 Å². The molecule has 0 aliphatic carbocycles. The van der Waals surface area contributed by atoms with Gasteiger partial charge in [-0.1, -0.05) is 32.9 Å². The zero-order valence-electron chi connectivity index (χ0n) is 27.7. The topological polar surface area (TPSA) is 212 Å². The number of nitrogens with one attached hydrogen (secondary N) is 1. The number of nitro benzene ring substituents is 1. The number of sulfonamides is 1. The second-order valence-corrected chi connectivity index (χ2v) is 19.2. The Balaban J connectivity index is 3.17. The van der Waals surface area contributed by atoms with E-state index in [0.717, 1.165) is 15.4 Å². The molecular formula is C28H49N5O10SSi. The summed E-state index contributed by atoms with van der Waals surface area (Å²) in [6.45, 7) is 13.6. The van der Waals surface area contributed by atoms with Crippen LogP contribution in [0.3, 0.4) is 0 Å². The SMILES string of the molecule is CCN(CCCCC(O[Si](C)(C)C(C)(C)C(N)C(=O)OC(C)(C)C)C(=O)NN(C)CC(=O)O)S(=O)(=O)c1ccccc1[N+](=O)[O-]. The van der Waals surface area contributed by atoms with E-state index in [2.05, 4.69) is 5.43 Å². The van der Waals surface area contributed by atoms with Gasteiger partial charge in [0.1, 0.15) is 24.3 Å². The summed E-state index contributed by atoms with van der Waals surface area (Å²) in [5.74, 6) is -2.38. The number of rotatable bonds is 18. The number of ether oxygens (including phenoxy) is 1. The first-order chi connectivity index (χ1) is 20.5. The smallest absolute Gasteiger partial charge is 0.323 e. The fourth-order valence-electron chi connectivity index (χ4n) is 4.32. The van der Waals surface area contributed by atoms with Crippen LogP contribution in [0.2, 0.25) is 18.1 Å². The third-order valence-electron chi connectivity index (χ3n) is 7.55. The molecule has 0 aliphatic heterocycles. The predicted octanol–water partition coefficient (Wildman–Crippen LogP) is 2.86. The second kappa shape index (κ2) is 16.0. The lowest BCUT2D eigenvalue weighted by Gasteiger charge is -2.44. The molecule has 2 unspecified atom stereocenters. The molecule has 15 nitrogen and oxygen atoms in total. The summed E-state index contributed by atoms with van der Waals surface area (Å²) >= 11 is 0. The van der Waals surface area contributed by atoms with Gasteiger partial charge in [0.25, 0.3) is 11.6 Å². The number of nitro groups is 1. The Hall–Kier alpha value is -2.96. The maximum Gasteiger partial charge on any atom is 0.323 e. The van der Waals surface area contributed by atoms with E-state index < -0.39 is 81.0 Å². The minimum Gasteiger partial charge on any atom is -0.480 e. The molecule has 1 rings (SSSR count). The molecule has 1 aromatic carbocycles. The molecule has 0 radical (unpaired) electrons. The quantitative estimate of drug-likeness (QED) is 0.0674. The van der Waals surface area contributed by atoms with Crippen LogP contribution in [0.15, 0.2) is 29.2 Å². The van der Waals surface area contributed by atoms with E-state index in [1.807, 2.05) is 13.1 Å². The number of unbranched alkanes of at least 4 members (excludes halogenated alkanes) is 1. The van der Waals surface area contributed by atoms with Crippen LogP contribution in [0.25, 0.3) is 0 Å².